The number of aromatic nitrogens is 2. The fourth-order valence-corrected chi connectivity index (χ4v) is 2.81. The van der Waals surface area contributed by atoms with Crippen LogP contribution in [0.25, 0.3) is 4.96 Å². The molecular weight excluding hydrogens is 262 g/mol. The summed E-state index contributed by atoms with van der Waals surface area (Å²) < 4.78 is 12.5. The first-order chi connectivity index (χ1) is 9.22. The first kappa shape index (κ1) is 14.5. The molecule has 0 unspecified atom stereocenters. The van der Waals surface area contributed by atoms with Crippen LogP contribution in [-0.4, -0.2) is 42.9 Å². The zero-order valence-electron chi connectivity index (χ0n) is 11.7. The van der Waals surface area contributed by atoms with Crippen molar-refractivity contribution < 1.29 is 9.47 Å². The van der Waals surface area contributed by atoms with E-state index in [-0.39, 0.29) is 0 Å². The van der Waals surface area contributed by atoms with Crippen molar-refractivity contribution in [3.8, 4) is 0 Å². The molecule has 0 aliphatic rings. The third kappa shape index (κ3) is 3.76. The molecule has 0 radical (unpaired) electrons. The Morgan fingerprint density at radius 1 is 1.32 bits per heavy atom. The minimum absolute atomic E-state index is 0.649. The molecule has 2 rings (SSSR count). The van der Waals surface area contributed by atoms with Gasteiger partial charge in [0, 0.05) is 31.3 Å². The molecule has 19 heavy (non-hydrogen) atoms. The second kappa shape index (κ2) is 7.00. The Balaban J connectivity index is 1.79. The number of aryl methyl sites for hydroxylation is 2. The van der Waals surface area contributed by atoms with E-state index in [0.717, 1.165) is 23.7 Å². The minimum Gasteiger partial charge on any atom is -0.382 e. The van der Waals surface area contributed by atoms with Gasteiger partial charge in [-0.05, 0) is 13.8 Å². The first-order valence-electron chi connectivity index (χ1n) is 6.43. The SMILES string of the molecule is COCCOCCNCc1c(C)nc2sc(C)cn12. The molecule has 0 aliphatic carbocycles. The van der Waals surface area contributed by atoms with Gasteiger partial charge in [0.15, 0.2) is 4.96 Å². The summed E-state index contributed by atoms with van der Waals surface area (Å²) in [5, 5.41) is 3.38. The Bertz CT molecular complexity index is 521. The van der Waals surface area contributed by atoms with E-state index in [2.05, 4.69) is 34.7 Å². The Labute approximate surface area is 117 Å². The van der Waals surface area contributed by atoms with Gasteiger partial charge < -0.3 is 14.8 Å². The monoisotopic (exact) mass is 283 g/mol. The van der Waals surface area contributed by atoms with E-state index in [1.165, 1.54) is 10.6 Å². The van der Waals surface area contributed by atoms with Crippen LogP contribution in [0.5, 0.6) is 0 Å². The maximum absolute atomic E-state index is 5.41. The standard InChI is InChI=1S/C13H21N3O2S/c1-10-9-16-12(11(2)15-13(16)19-10)8-14-4-5-18-7-6-17-3/h9,14H,4-8H2,1-3H3. The van der Waals surface area contributed by atoms with Crippen LogP contribution in [0.4, 0.5) is 0 Å². The molecule has 0 spiro atoms. The molecule has 2 heterocycles. The van der Waals surface area contributed by atoms with Crippen LogP contribution >= 0.6 is 11.3 Å². The third-order valence-corrected chi connectivity index (χ3v) is 3.79. The molecule has 2 aromatic heterocycles. The van der Waals surface area contributed by atoms with Crippen molar-refractivity contribution in [1.29, 1.82) is 0 Å². The number of fused-ring (bicyclic) bond motifs is 1. The Morgan fingerprint density at radius 3 is 2.95 bits per heavy atom. The van der Waals surface area contributed by atoms with E-state index in [1.807, 2.05) is 0 Å². The lowest BCUT2D eigenvalue weighted by molar-refractivity contribution is 0.0718. The smallest absolute Gasteiger partial charge is 0.194 e. The average Bonchev–Trinajstić information content (AvgIpc) is 2.85. The number of hydrogen-bond acceptors (Lipinski definition) is 5. The number of nitrogens with one attached hydrogen (secondary N) is 1. The van der Waals surface area contributed by atoms with Gasteiger partial charge in [0.2, 0.25) is 0 Å². The summed E-state index contributed by atoms with van der Waals surface area (Å²) in [6.07, 6.45) is 2.14. The highest BCUT2D eigenvalue weighted by Gasteiger charge is 2.10. The summed E-state index contributed by atoms with van der Waals surface area (Å²) in [5.74, 6) is 0. The summed E-state index contributed by atoms with van der Waals surface area (Å²) in [6, 6.07) is 0. The fourth-order valence-electron chi connectivity index (χ4n) is 1.92. The van der Waals surface area contributed by atoms with Gasteiger partial charge in [0.25, 0.3) is 0 Å². The lowest BCUT2D eigenvalue weighted by Crippen LogP contribution is -2.21. The number of thiazole rings is 1. The van der Waals surface area contributed by atoms with E-state index in [4.69, 9.17) is 9.47 Å². The predicted molar refractivity (Wildman–Crippen MR) is 76.9 cm³/mol. The van der Waals surface area contributed by atoms with Gasteiger partial charge in [0.05, 0.1) is 31.2 Å². The Hall–Kier alpha value is -0.950. The zero-order valence-corrected chi connectivity index (χ0v) is 12.5. The molecular formula is C13H21N3O2S. The van der Waals surface area contributed by atoms with Gasteiger partial charge in [-0.1, -0.05) is 0 Å². The quantitative estimate of drug-likeness (QED) is 0.750. The highest BCUT2D eigenvalue weighted by atomic mass is 32.1. The van der Waals surface area contributed by atoms with Crippen molar-refractivity contribution in [3.63, 3.8) is 0 Å². The van der Waals surface area contributed by atoms with E-state index < -0.39 is 0 Å². The minimum atomic E-state index is 0.649. The second-order valence-corrected chi connectivity index (χ2v) is 5.63. The van der Waals surface area contributed by atoms with Gasteiger partial charge >= 0.3 is 0 Å². The van der Waals surface area contributed by atoms with E-state index in [1.54, 1.807) is 18.4 Å². The van der Waals surface area contributed by atoms with Crippen LogP contribution in [0.1, 0.15) is 16.3 Å². The van der Waals surface area contributed by atoms with Crippen LogP contribution in [0, 0.1) is 13.8 Å². The molecule has 0 atom stereocenters. The second-order valence-electron chi connectivity index (χ2n) is 4.42. The van der Waals surface area contributed by atoms with Gasteiger partial charge in [-0.25, -0.2) is 4.98 Å². The molecule has 0 aromatic carbocycles. The maximum Gasteiger partial charge on any atom is 0.194 e. The average molecular weight is 283 g/mol. The molecule has 0 fully saturated rings. The van der Waals surface area contributed by atoms with Crippen LogP contribution < -0.4 is 5.32 Å². The molecule has 1 N–H and O–H groups in total. The molecule has 0 aliphatic heterocycles. The number of hydrogen-bond donors (Lipinski definition) is 1. The molecule has 0 saturated heterocycles. The summed E-state index contributed by atoms with van der Waals surface area (Å²) in [7, 11) is 1.68. The van der Waals surface area contributed by atoms with Crippen LogP contribution in [0.3, 0.4) is 0 Å². The van der Waals surface area contributed by atoms with Gasteiger partial charge in [-0.15, -0.1) is 11.3 Å². The van der Waals surface area contributed by atoms with Crippen molar-refractivity contribution in [2.24, 2.45) is 0 Å². The highest BCUT2D eigenvalue weighted by molar-refractivity contribution is 7.17. The molecule has 0 bridgehead atoms. The maximum atomic E-state index is 5.41. The molecule has 6 heteroatoms. The molecule has 2 aromatic rings. The third-order valence-electron chi connectivity index (χ3n) is 2.89. The first-order valence-corrected chi connectivity index (χ1v) is 7.25. The largest absolute Gasteiger partial charge is 0.382 e. The predicted octanol–water partition coefficient (Wildman–Crippen LogP) is 1.77. The van der Waals surface area contributed by atoms with Crippen molar-refractivity contribution in [1.82, 2.24) is 14.7 Å². The van der Waals surface area contributed by atoms with Crippen molar-refractivity contribution in [3.05, 3.63) is 22.5 Å². The summed E-state index contributed by atoms with van der Waals surface area (Å²) in [6.45, 7) is 7.81. The van der Waals surface area contributed by atoms with E-state index in [9.17, 15) is 0 Å². The van der Waals surface area contributed by atoms with Crippen molar-refractivity contribution in [2.45, 2.75) is 20.4 Å². The van der Waals surface area contributed by atoms with Gasteiger partial charge in [0.1, 0.15) is 0 Å². The number of ether oxygens (including phenoxy) is 2. The summed E-state index contributed by atoms with van der Waals surface area (Å²) in [5.41, 5.74) is 2.33. The van der Waals surface area contributed by atoms with Gasteiger partial charge in [-0.2, -0.15) is 0 Å². The van der Waals surface area contributed by atoms with E-state index in [0.29, 0.717) is 19.8 Å². The number of methoxy groups -OCH3 is 1. The lowest BCUT2D eigenvalue weighted by atomic mass is 10.3. The topological polar surface area (TPSA) is 47.8 Å². The van der Waals surface area contributed by atoms with Crippen LogP contribution in [0.2, 0.25) is 0 Å². The Kier molecular flexibility index (Phi) is 5.33. The lowest BCUT2D eigenvalue weighted by Gasteiger charge is -2.06. The van der Waals surface area contributed by atoms with Gasteiger partial charge in [-0.3, -0.25) is 4.40 Å². The Morgan fingerprint density at radius 2 is 2.16 bits per heavy atom. The van der Waals surface area contributed by atoms with Crippen molar-refractivity contribution in [2.75, 3.05) is 33.5 Å². The fraction of sp³-hybridized carbons (Fsp3) is 0.615. The highest BCUT2D eigenvalue weighted by Crippen LogP contribution is 2.20. The molecule has 5 nitrogen and oxygen atoms in total. The van der Waals surface area contributed by atoms with Crippen LogP contribution in [0.15, 0.2) is 6.20 Å². The summed E-state index contributed by atoms with van der Waals surface area (Å²) in [4.78, 5) is 6.92. The van der Waals surface area contributed by atoms with Crippen LogP contribution in [-0.2, 0) is 16.0 Å². The summed E-state index contributed by atoms with van der Waals surface area (Å²) >= 11 is 1.73. The number of rotatable bonds is 8. The van der Waals surface area contributed by atoms with E-state index >= 15 is 0 Å². The molecule has 0 amide bonds. The zero-order chi connectivity index (χ0) is 13.7. The number of imidazole rings is 1. The number of nitrogens with zero attached hydrogens (tertiary/aromatic N) is 2. The van der Waals surface area contributed by atoms with Crippen molar-refractivity contribution >= 4 is 16.3 Å². The molecule has 106 valence electrons. The normalized spacial score (nSPS) is 11.5. The molecule has 0 saturated carbocycles.